The molecule has 25 heavy (non-hydrogen) atoms. The van der Waals surface area contributed by atoms with E-state index in [1.54, 1.807) is 13.8 Å². The second-order valence-electron chi connectivity index (χ2n) is 5.66. The highest BCUT2D eigenvalue weighted by atomic mass is 31.2. The zero-order valence-corrected chi connectivity index (χ0v) is 15.2. The molecule has 0 radical (unpaired) electrons. The number of aromatic amines is 1. The van der Waals surface area contributed by atoms with Crippen molar-refractivity contribution in [3.05, 3.63) is 32.6 Å². The number of rotatable bonds is 7. The summed E-state index contributed by atoms with van der Waals surface area (Å²) < 4.78 is 30.0. The number of aliphatic hydroxyl groups excluding tert-OH is 1. The predicted molar refractivity (Wildman–Crippen MR) is 87.5 cm³/mol. The van der Waals surface area contributed by atoms with Gasteiger partial charge in [0.05, 0.1) is 19.8 Å². The van der Waals surface area contributed by atoms with Crippen LogP contribution in [0.5, 0.6) is 0 Å². The third kappa shape index (κ3) is 3.51. The fourth-order valence-corrected chi connectivity index (χ4v) is 4.85. The van der Waals surface area contributed by atoms with Gasteiger partial charge in [-0.05, 0) is 20.8 Å². The summed E-state index contributed by atoms with van der Waals surface area (Å²) in [6.45, 7) is 4.05. The van der Waals surface area contributed by atoms with Crippen LogP contribution in [0, 0.1) is 6.92 Å². The number of nitrogens with one attached hydrogen (secondary N) is 1. The van der Waals surface area contributed by atoms with Crippen molar-refractivity contribution in [2.24, 2.45) is 0 Å². The predicted octanol–water partition coefficient (Wildman–Crippen LogP) is 0.0795. The van der Waals surface area contributed by atoms with Gasteiger partial charge in [-0.25, -0.2) is 4.79 Å². The van der Waals surface area contributed by atoms with Crippen molar-refractivity contribution in [2.75, 3.05) is 19.8 Å². The molecule has 0 saturated carbocycles. The summed E-state index contributed by atoms with van der Waals surface area (Å²) in [5.41, 5.74) is -1.02. The average Bonchev–Trinajstić information content (AvgIpc) is 2.90. The molecule has 1 aromatic rings. The van der Waals surface area contributed by atoms with Crippen molar-refractivity contribution in [3.8, 4) is 0 Å². The van der Waals surface area contributed by atoms with E-state index in [1.807, 2.05) is 0 Å². The smallest absolute Gasteiger partial charge is 0.364 e. The molecule has 1 unspecified atom stereocenters. The van der Waals surface area contributed by atoms with Gasteiger partial charge in [-0.15, -0.1) is 0 Å². The summed E-state index contributed by atoms with van der Waals surface area (Å²) in [6, 6.07) is 0. The van der Waals surface area contributed by atoms with Gasteiger partial charge in [-0.3, -0.25) is 18.9 Å². The molecule has 3 N–H and O–H groups in total. The Kier molecular flexibility index (Phi) is 6.03. The lowest BCUT2D eigenvalue weighted by Gasteiger charge is -2.33. The van der Waals surface area contributed by atoms with Crippen molar-refractivity contribution in [1.82, 2.24) is 9.55 Å². The van der Waals surface area contributed by atoms with E-state index < -0.39 is 43.1 Å². The Morgan fingerprint density at radius 1 is 1.40 bits per heavy atom. The molecule has 3 atom stereocenters. The first-order chi connectivity index (χ1) is 11.7. The Bertz CT molecular complexity index is 765. The van der Waals surface area contributed by atoms with E-state index in [9.17, 15) is 24.4 Å². The minimum Gasteiger partial charge on any atom is -0.394 e. The van der Waals surface area contributed by atoms with E-state index in [1.165, 1.54) is 13.1 Å². The highest BCUT2D eigenvalue weighted by Gasteiger charge is 2.61. The third-order valence-electron chi connectivity index (χ3n) is 4.01. The number of aromatic nitrogens is 2. The van der Waals surface area contributed by atoms with Crippen LogP contribution in [0.3, 0.4) is 0 Å². The van der Waals surface area contributed by atoms with Crippen molar-refractivity contribution in [1.29, 1.82) is 0 Å². The summed E-state index contributed by atoms with van der Waals surface area (Å²) in [5.74, 6) is 0. The quantitative estimate of drug-likeness (QED) is 0.567. The van der Waals surface area contributed by atoms with Gasteiger partial charge in [0.15, 0.2) is 5.34 Å². The number of nitrogens with zero attached hydrogens (tertiary/aromatic N) is 1. The third-order valence-corrected chi connectivity index (χ3v) is 6.62. The maximum Gasteiger partial charge on any atom is 0.364 e. The molecule has 142 valence electrons. The van der Waals surface area contributed by atoms with Crippen molar-refractivity contribution in [2.45, 2.75) is 44.9 Å². The van der Waals surface area contributed by atoms with Crippen LogP contribution in [0.1, 0.15) is 32.1 Å². The molecule has 1 aliphatic heterocycles. The minimum atomic E-state index is -4.06. The fourth-order valence-electron chi connectivity index (χ4n) is 2.78. The first-order valence-electron chi connectivity index (χ1n) is 7.92. The lowest BCUT2D eigenvalue weighted by Crippen LogP contribution is -2.41. The van der Waals surface area contributed by atoms with Crippen molar-refractivity contribution >= 4 is 7.60 Å². The molecule has 1 saturated heterocycles. The second kappa shape index (κ2) is 7.53. The molecule has 10 nitrogen and oxygen atoms in total. The van der Waals surface area contributed by atoms with Crippen LogP contribution in [0.15, 0.2) is 15.8 Å². The molecule has 0 aliphatic carbocycles. The maximum absolute atomic E-state index is 13.1. The Morgan fingerprint density at radius 3 is 2.52 bits per heavy atom. The number of ether oxygens (including phenoxy) is 1. The summed E-state index contributed by atoms with van der Waals surface area (Å²) in [4.78, 5) is 25.7. The monoisotopic (exact) mass is 378 g/mol. The van der Waals surface area contributed by atoms with Crippen LogP contribution in [0.25, 0.3) is 0 Å². The molecule has 1 aliphatic rings. The lowest BCUT2D eigenvalue weighted by atomic mass is 10.2. The molecule has 1 aromatic heterocycles. The molecular weight excluding hydrogens is 355 g/mol. The Hall–Kier alpha value is -1.29. The van der Waals surface area contributed by atoms with E-state index in [2.05, 4.69) is 4.98 Å². The van der Waals surface area contributed by atoms with Gasteiger partial charge < -0.3 is 24.0 Å². The van der Waals surface area contributed by atoms with Gasteiger partial charge in [0.2, 0.25) is 0 Å². The Balaban J connectivity index is 2.46. The summed E-state index contributed by atoms with van der Waals surface area (Å²) >= 11 is 0. The first kappa shape index (κ1) is 20.0. The Morgan fingerprint density at radius 2 is 2.00 bits per heavy atom. The molecule has 2 rings (SSSR count). The lowest BCUT2D eigenvalue weighted by molar-refractivity contribution is -0.0640. The van der Waals surface area contributed by atoms with E-state index in [-0.39, 0.29) is 25.2 Å². The van der Waals surface area contributed by atoms with E-state index in [0.29, 0.717) is 0 Å². The zero-order valence-electron chi connectivity index (χ0n) is 14.3. The van der Waals surface area contributed by atoms with Gasteiger partial charge in [0.25, 0.3) is 5.56 Å². The van der Waals surface area contributed by atoms with Gasteiger partial charge in [0, 0.05) is 18.2 Å². The Labute approximate surface area is 143 Å². The van der Waals surface area contributed by atoms with Crippen LogP contribution >= 0.6 is 7.60 Å². The topological polar surface area (TPSA) is 140 Å². The number of hydrogen-bond donors (Lipinski definition) is 3. The molecule has 0 aromatic carbocycles. The van der Waals surface area contributed by atoms with Gasteiger partial charge in [0.1, 0.15) is 12.3 Å². The van der Waals surface area contributed by atoms with Crippen LogP contribution in [-0.4, -0.2) is 51.0 Å². The molecule has 0 amide bonds. The summed E-state index contributed by atoms with van der Waals surface area (Å²) in [6.07, 6.45) is -1.39. The zero-order chi connectivity index (χ0) is 18.8. The average molecular weight is 378 g/mol. The number of H-pyrrole nitrogens is 1. The second-order valence-corrected chi connectivity index (χ2v) is 7.94. The molecular formula is C14H23N2O8P. The standard InChI is InChI=1S/C14H23N2O8P/c1-4-22-25(21,23-5-2)14(20)6-11(24-10(14)8-17)16-7-9(3)12(18)15-13(16)19/h7,10-11,17,20H,4-6,8H2,1-3H3,(H,15,18,19)/t10-,11-,14?/m0/s1. The van der Waals surface area contributed by atoms with E-state index in [4.69, 9.17) is 13.8 Å². The van der Waals surface area contributed by atoms with Crippen LogP contribution < -0.4 is 11.2 Å². The van der Waals surface area contributed by atoms with Crippen LogP contribution in [-0.2, 0) is 18.3 Å². The van der Waals surface area contributed by atoms with Gasteiger partial charge >= 0.3 is 13.3 Å². The van der Waals surface area contributed by atoms with E-state index >= 15 is 0 Å². The van der Waals surface area contributed by atoms with Crippen LogP contribution in [0.4, 0.5) is 0 Å². The maximum atomic E-state index is 13.1. The van der Waals surface area contributed by atoms with Gasteiger partial charge in [-0.1, -0.05) is 0 Å². The molecule has 11 heteroatoms. The normalized spacial score (nSPS) is 26.9. The number of aliphatic hydroxyl groups is 2. The van der Waals surface area contributed by atoms with Crippen molar-refractivity contribution in [3.63, 3.8) is 0 Å². The molecule has 0 bridgehead atoms. The first-order valence-corrected chi connectivity index (χ1v) is 9.46. The summed E-state index contributed by atoms with van der Waals surface area (Å²) in [7, 11) is -4.06. The van der Waals surface area contributed by atoms with Crippen LogP contribution in [0.2, 0.25) is 0 Å². The number of aryl methyl sites for hydroxylation is 1. The fraction of sp³-hybridized carbons (Fsp3) is 0.714. The highest BCUT2D eigenvalue weighted by molar-refractivity contribution is 7.55. The minimum absolute atomic E-state index is 0.0140. The van der Waals surface area contributed by atoms with Crippen molar-refractivity contribution < 1.29 is 28.6 Å². The van der Waals surface area contributed by atoms with Gasteiger partial charge in [-0.2, -0.15) is 0 Å². The number of hydrogen-bond acceptors (Lipinski definition) is 8. The largest absolute Gasteiger partial charge is 0.394 e. The van der Waals surface area contributed by atoms with E-state index in [0.717, 1.165) is 4.57 Å². The summed E-state index contributed by atoms with van der Waals surface area (Å²) in [5, 5.41) is 18.4. The molecule has 2 heterocycles. The SMILES string of the molecule is CCOP(=O)(OCC)C1(O)C[C@@H](n2cc(C)c(=O)[nH]c2=O)O[C@H]1CO. The highest BCUT2D eigenvalue weighted by Crippen LogP contribution is 2.65. The molecule has 1 fully saturated rings. The molecule has 0 spiro atoms.